The number of nitrogens with one attached hydrogen (secondary N) is 2. The monoisotopic (exact) mass is 589 g/mol. The number of rotatable bonds is 6. The lowest BCUT2D eigenvalue weighted by Crippen LogP contribution is -2.44. The van der Waals surface area contributed by atoms with Gasteiger partial charge in [-0.3, -0.25) is 9.69 Å². The summed E-state index contributed by atoms with van der Waals surface area (Å²) in [6.07, 6.45) is -3.23. The first-order valence-electron chi connectivity index (χ1n) is 13.6. The Morgan fingerprint density at radius 3 is 2.43 bits per heavy atom. The van der Waals surface area contributed by atoms with Crippen molar-refractivity contribution in [1.29, 1.82) is 0 Å². The molecule has 0 unspecified atom stereocenters. The summed E-state index contributed by atoms with van der Waals surface area (Å²) in [6, 6.07) is 7.48. The number of likely N-dealkylation sites (N-methyl/N-ethyl adjacent to an activating group) is 1. The van der Waals surface area contributed by atoms with E-state index in [1.807, 2.05) is 11.9 Å². The van der Waals surface area contributed by atoms with E-state index in [0.29, 0.717) is 64.7 Å². The third-order valence-corrected chi connectivity index (χ3v) is 7.59. The summed E-state index contributed by atoms with van der Waals surface area (Å²) in [5.74, 6) is -2.76. The summed E-state index contributed by atoms with van der Waals surface area (Å²) in [7, 11) is 1.94. The molecule has 2 saturated heterocycles. The quantitative estimate of drug-likeness (QED) is 0.479. The largest absolute Gasteiger partial charge is 0.417 e. The zero-order chi connectivity index (χ0) is 30.0. The predicted octanol–water partition coefficient (Wildman–Crippen LogP) is 4.64. The van der Waals surface area contributed by atoms with Gasteiger partial charge in [0.15, 0.2) is 5.82 Å². The fraction of sp³-hybridized carbons (Fsp3) is 0.367. The molecule has 42 heavy (non-hydrogen) atoms. The second-order valence-electron chi connectivity index (χ2n) is 10.6. The molecule has 5 rings (SSSR count). The Labute approximate surface area is 240 Å². The standard InChI is InChI=1S/C30H32F5N5O2/c1-19-15-24(30(33,34)35)23(17-36-19)29(41)37-28-26(40-9-7-38(2)8-10-40)6-4-21(27(28)32)22-16-20(3-5-25(22)31)18-39-11-13-42-14-12-39/h3-6,15-17,36H,1,7-14,18H2,2H3,(H,37,41). The second kappa shape index (κ2) is 12.2. The molecule has 2 aromatic rings. The van der Waals surface area contributed by atoms with Crippen molar-refractivity contribution < 1.29 is 31.5 Å². The van der Waals surface area contributed by atoms with Gasteiger partial charge in [0, 0.05) is 68.8 Å². The van der Waals surface area contributed by atoms with Crippen LogP contribution in [-0.4, -0.2) is 81.4 Å². The van der Waals surface area contributed by atoms with E-state index in [1.165, 1.54) is 12.1 Å². The molecule has 2 aromatic carbocycles. The van der Waals surface area contributed by atoms with Gasteiger partial charge < -0.3 is 25.2 Å². The Bertz CT molecular complexity index is 1420. The second-order valence-corrected chi connectivity index (χ2v) is 10.6. The Morgan fingerprint density at radius 2 is 1.74 bits per heavy atom. The van der Waals surface area contributed by atoms with Gasteiger partial charge in [0.05, 0.1) is 30.0 Å². The lowest BCUT2D eigenvalue weighted by Gasteiger charge is -2.35. The number of anilines is 2. The van der Waals surface area contributed by atoms with Crippen LogP contribution in [0.3, 0.4) is 0 Å². The number of carbonyl (C=O) groups excluding carboxylic acids is 1. The van der Waals surface area contributed by atoms with Gasteiger partial charge in [0.2, 0.25) is 0 Å². The van der Waals surface area contributed by atoms with Crippen LogP contribution in [0.15, 0.2) is 66.0 Å². The van der Waals surface area contributed by atoms with Crippen LogP contribution in [0.5, 0.6) is 0 Å². The van der Waals surface area contributed by atoms with Crippen molar-refractivity contribution in [3.63, 3.8) is 0 Å². The van der Waals surface area contributed by atoms with E-state index in [-0.39, 0.29) is 22.5 Å². The molecule has 0 radical (unpaired) electrons. The number of benzene rings is 2. The van der Waals surface area contributed by atoms with Crippen LogP contribution in [0, 0.1) is 11.6 Å². The van der Waals surface area contributed by atoms with Crippen molar-refractivity contribution in [2.45, 2.75) is 12.7 Å². The average molecular weight is 590 g/mol. The number of hydrogen-bond donors (Lipinski definition) is 2. The Kier molecular flexibility index (Phi) is 8.67. The molecule has 0 spiro atoms. The van der Waals surface area contributed by atoms with Crippen molar-refractivity contribution in [2.75, 3.05) is 69.7 Å². The van der Waals surface area contributed by atoms with E-state index in [1.54, 1.807) is 18.2 Å². The number of hydrogen-bond acceptors (Lipinski definition) is 6. The highest BCUT2D eigenvalue weighted by molar-refractivity contribution is 6.09. The molecule has 0 aromatic heterocycles. The molecule has 3 aliphatic heterocycles. The van der Waals surface area contributed by atoms with Crippen molar-refractivity contribution in [3.8, 4) is 11.1 Å². The summed E-state index contributed by atoms with van der Waals surface area (Å²) in [5.41, 5.74) is -1.34. The molecule has 2 N–H and O–H groups in total. The first-order valence-corrected chi connectivity index (χ1v) is 13.6. The molecule has 0 atom stereocenters. The minimum absolute atomic E-state index is 0.00981. The Hall–Kier alpha value is -3.74. The molecule has 0 saturated carbocycles. The van der Waals surface area contributed by atoms with E-state index < -0.39 is 34.9 Å². The maximum Gasteiger partial charge on any atom is 0.417 e. The van der Waals surface area contributed by atoms with Crippen LogP contribution in [0.2, 0.25) is 0 Å². The van der Waals surface area contributed by atoms with Crippen molar-refractivity contribution in [2.24, 2.45) is 0 Å². The van der Waals surface area contributed by atoms with Crippen molar-refractivity contribution in [3.05, 3.63) is 83.2 Å². The number of piperazine rings is 1. The number of amides is 1. The van der Waals surface area contributed by atoms with Gasteiger partial charge >= 0.3 is 6.18 Å². The first kappa shape index (κ1) is 29.7. The van der Waals surface area contributed by atoms with Gasteiger partial charge in [-0.1, -0.05) is 12.6 Å². The van der Waals surface area contributed by atoms with Gasteiger partial charge in [-0.05, 0) is 43.0 Å². The molecule has 12 heteroatoms. The van der Waals surface area contributed by atoms with E-state index in [2.05, 4.69) is 27.0 Å². The third-order valence-electron chi connectivity index (χ3n) is 7.59. The Morgan fingerprint density at radius 1 is 1.02 bits per heavy atom. The number of alkyl halides is 3. The summed E-state index contributed by atoms with van der Waals surface area (Å²) in [4.78, 5) is 19.4. The number of carbonyl (C=O) groups is 1. The maximum absolute atomic E-state index is 16.4. The summed E-state index contributed by atoms with van der Waals surface area (Å²) in [5, 5.41) is 4.91. The van der Waals surface area contributed by atoms with Crippen LogP contribution in [0.4, 0.5) is 33.3 Å². The van der Waals surface area contributed by atoms with Gasteiger partial charge in [-0.15, -0.1) is 0 Å². The first-order chi connectivity index (χ1) is 20.0. The Balaban J connectivity index is 1.53. The molecular weight excluding hydrogens is 557 g/mol. The maximum atomic E-state index is 16.4. The fourth-order valence-electron chi connectivity index (χ4n) is 5.24. The zero-order valence-corrected chi connectivity index (χ0v) is 23.2. The van der Waals surface area contributed by atoms with Gasteiger partial charge in [0.1, 0.15) is 11.5 Å². The smallest absolute Gasteiger partial charge is 0.379 e. The molecular formula is C30H32F5N5O2. The highest BCUT2D eigenvalue weighted by Crippen LogP contribution is 2.39. The predicted molar refractivity (Wildman–Crippen MR) is 151 cm³/mol. The summed E-state index contributed by atoms with van der Waals surface area (Å²) >= 11 is 0. The van der Waals surface area contributed by atoms with Gasteiger partial charge in [0.25, 0.3) is 5.91 Å². The van der Waals surface area contributed by atoms with Crippen LogP contribution in [-0.2, 0) is 16.1 Å². The number of halogens is 5. The average Bonchev–Trinajstić information content (AvgIpc) is 2.96. The number of allylic oxidation sites excluding steroid dienone is 1. The summed E-state index contributed by atoms with van der Waals surface area (Å²) < 4.78 is 78.3. The number of nitrogens with zero attached hydrogens (tertiary/aromatic N) is 3. The van der Waals surface area contributed by atoms with Crippen LogP contribution >= 0.6 is 0 Å². The fourth-order valence-corrected chi connectivity index (χ4v) is 5.24. The van der Waals surface area contributed by atoms with Gasteiger partial charge in [-0.25, -0.2) is 8.78 Å². The van der Waals surface area contributed by atoms with Crippen LogP contribution in [0.1, 0.15) is 5.56 Å². The molecule has 3 aliphatic rings. The van der Waals surface area contributed by atoms with E-state index in [4.69, 9.17) is 4.74 Å². The molecule has 3 heterocycles. The van der Waals surface area contributed by atoms with E-state index in [0.717, 1.165) is 17.8 Å². The summed E-state index contributed by atoms with van der Waals surface area (Å²) in [6.45, 7) is 8.90. The van der Waals surface area contributed by atoms with Crippen LogP contribution in [0.25, 0.3) is 11.1 Å². The minimum Gasteiger partial charge on any atom is -0.379 e. The highest BCUT2D eigenvalue weighted by atomic mass is 19.4. The molecule has 224 valence electrons. The third kappa shape index (κ3) is 6.50. The molecule has 0 aliphatic carbocycles. The number of morpholine rings is 1. The SMILES string of the molecule is C=C1C=C(C(F)(F)F)C(C(=O)Nc2c(N3CCN(C)CC3)ccc(-c3cc(CN4CCOCC4)ccc3F)c2F)=CN1. The van der Waals surface area contributed by atoms with E-state index >= 15 is 8.78 Å². The molecule has 7 nitrogen and oxygen atoms in total. The lowest BCUT2D eigenvalue weighted by atomic mass is 9.98. The topological polar surface area (TPSA) is 60.1 Å². The van der Waals surface area contributed by atoms with Gasteiger partial charge in [-0.2, -0.15) is 13.2 Å². The molecule has 0 bridgehead atoms. The van der Waals surface area contributed by atoms with Crippen molar-refractivity contribution in [1.82, 2.24) is 15.1 Å². The molecule has 1 amide bonds. The normalized spacial score (nSPS) is 18.8. The van der Waals surface area contributed by atoms with Crippen LogP contribution < -0.4 is 15.5 Å². The van der Waals surface area contributed by atoms with E-state index in [9.17, 15) is 18.0 Å². The minimum atomic E-state index is -4.85. The highest BCUT2D eigenvalue weighted by Gasteiger charge is 2.40. The lowest BCUT2D eigenvalue weighted by molar-refractivity contribution is -0.115. The number of ether oxygens (including phenoxy) is 1. The zero-order valence-electron chi connectivity index (χ0n) is 23.2. The molecule has 2 fully saturated rings. The number of dihydropyridines is 1. The van der Waals surface area contributed by atoms with Crippen molar-refractivity contribution >= 4 is 17.3 Å².